The lowest BCUT2D eigenvalue weighted by Crippen LogP contribution is -2.27. The van der Waals surface area contributed by atoms with Crippen molar-refractivity contribution < 1.29 is 9.21 Å². The molecule has 1 amide bonds. The fraction of sp³-hybridized carbons (Fsp3) is 0.421. The van der Waals surface area contributed by atoms with Crippen LogP contribution in [-0.4, -0.2) is 17.4 Å². The van der Waals surface area contributed by atoms with Crippen molar-refractivity contribution in [3.63, 3.8) is 0 Å². The summed E-state index contributed by atoms with van der Waals surface area (Å²) in [5, 5.41) is 3.41. The van der Waals surface area contributed by atoms with Gasteiger partial charge in [0.15, 0.2) is 0 Å². The number of nitrogens with one attached hydrogen (secondary N) is 1. The van der Waals surface area contributed by atoms with Gasteiger partial charge in [-0.25, -0.2) is 0 Å². The molecule has 2 aromatic rings. The molecule has 0 saturated carbocycles. The van der Waals surface area contributed by atoms with Gasteiger partial charge in [-0.2, -0.15) is 0 Å². The van der Waals surface area contributed by atoms with Crippen LogP contribution in [-0.2, 0) is 17.9 Å². The van der Waals surface area contributed by atoms with Gasteiger partial charge in [-0.05, 0) is 50.1 Å². The van der Waals surface area contributed by atoms with Crippen molar-refractivity contribution in [1.82, 2.24) is 10.2 Å². The lowest BCUT2D eigenvalue weighted by Gasteiger charge is -2.16. The van der Waals surface area contributed by atoms with Crippen LogP contribution in [0.3, 0.4) is 0 Å². The normalized spacial score (nSPS) is 14.8. The highest BCUT2D eigenvalue weighted by Gasteiger charge is 2.22. The Balaban J connectivity index is 1.39. The van der Waals surface area contributed by atoms with Crippen LogP contribution in [0.2, 0.25) is 0 Å². The maximum atomic E-state index is 12.3. The second kappa shape index (κ2) is 7.01. The largest absolute Gasteiger partial charge is 0.465 e. The number of amides is 1. The van der Waals surface area contributed by atoms with Gasteiger partial charge in [0.2, 0.25) is 5.91 Å². The number of hydrogen-bond donors (Lipinski definition) is 1. The highest BCUT2D eigenvalue weighted by atomic mass is 16.3. The van der Waals surface area contributed by atoms with Crippen LogP contribution in [0.4, 0.5) is 0 Å². The van der Waals surface area contributed by atoms with E-state index in [2.05, 4.69) is 24.4 Å². The lowest BCUT2D eigenvalue weighted by atomic mass is 10.1. The predicted molar refractivity (Wildman–Crippen MR) is 89.8 cm³/mol. The molecule has 0 fully saturated rings. The number of nitrogens with zero attached hydrogens (tertiary/aromatic N) is 1. The van der Waals surface area contributed by atoms with Crippen molar-refractivity contribution in [2.75, 3.05) is 6.54 Å². The third-order valence-electron chi connectivity index (χ3n) is 4.40. The minimum absolute atomic E-state index is 0.176. The van der Waals surface area contributed by atoms with Gasteiger partial charge >= 0.3 is 0 Å². The highest BCUT2D eigenvalue weighted by molar-refractivity contribution is 5.76. The summed E-state index contributed by atoms with van der Waals surface area (Å²) in [4.78, 5) is 14.3. The second-order valence-electron chi connectivity index (χ2n) is 6.25. The van der Waals surface area contributed by atoms with E-state index in [0.717, 1.165) is 37.6 Å². The summed E-state index contributed by atoms with van der Waals surface area (Å²) in [6.07, 6.45) is 1.43. The fourth-order valence-electron chi connectivity index (χ4n) is 3.01. The number of aryl methyl sites for hydroxylation is 1. The number of rotatable bonds is 6. The summed E-state index contributed by atoms with van der Waals surface area (Å²) in [6, 6.07) is 12.4. The molecule has 4 nitrogen and oxygen atoms in total. The van der Waals surface area contributed by atoms with Crippen molar-refractivity contribution in [1.29, 1.82) is 0 Å². The number of hydrogen-bond acceptors (Lipinski definition) is 3. The summed E-state index contributed by atoms with van der Waals surface area (Å²) in [6.45, 7) is 6.35. The van der Waals surface area contributed by atoms with Gasteiger partial charge in [-0.1, -0.05) is 24.3 Å². The van der Waals surface area contributed by atoms with Crippen LogP contribution in [0.1, 0.15) is 48.5 Å². The number of carbonyl (C=O) groups excluding carboxylic acids is 1. The van der Waals surface area contributed by atoms with Gasteiger partial charge in [0.1, 0.15) is 11.5 Å². The van der Waals surface area contributed by atoms with E-state index in [4.69, 9.17) is 4.42 Å². The molecule has 1 atom stereocenters. The molecule has 1 aromatic carbocycles. The van der Waals surface area contributed by atoms with Crippen LogP contribution < -0.4 is 5.32 Å². The summed E-state index contributed by atoms with van der Waals surface area (Å²) in [5.41, 5.74) is 2.56. The van der Waals surface area contributed by atoms with Crippen molar-refractivity contribution >= 4 is 5.91 Å². The first-order valence-electron chi connectivity index (χ1n) is 8.28. The third kappa shape index (κ3) is 3.82. The molecule has 0 spiro atoms. The van der Waals surface area contributed by atoms with Gasteiger partial charge in [-0.3, -0.25) is 4.79 Å². The standard InChI is InChI=1S/C19H24N2O2/c1-14-9-10-18(23-14)15(2)20-11-5-8-19(22)21-12-16-6-3-4-7-17(16)13-21/h3-4,6-7,9-10,15,20H,5,8,11-13H2,1-2H3/t15-/m1/s1. The Morgan fingerprint density at radius 2 is 1.91 bits per heavy atom. The molecule has 0 unspecified atom stereocenters. The SMILES string of the molecule is Cc1ccc([C@@H](C)NCCCC(=O)N2Cc3ccccc3C2)o1. The molecule has 122 valence electrons. The number of carbonyl (C=O) groups is 1. The van der Waals surface area contributed by atoms with E-state index in [1.54, 1.807) is 0 Å². The molecule has 0 aliphatic carbocycles. The molecule has 1 N–H and O–H groups in total. The smallest absolute Gasteiger partial charge is 0.223 e. The summed E-state index contributed by atoms with van der Waals surface area (Å²) >= 11 is 0. The molecule has 0 bridgehead atoms. The predicted octanol–water partition coefficient (Wildman–Crippen LogP) is 3.56. The van der Waals surface area contributed by atoms with Crippen LogP contribution >= 0.6 is 0 Å². The minimum Gasteiger partial charge on any atom is -0.465 e. The van der Waals surface area contributed by atoms with E-state index in [1.807, 2.05) is 36.1 Å². The number of fused-ring (bicyclic) bond motifs is 1. The number of benzene rings is 1. The minimum atomic E-state index is 0.176. The van der Waals surface area contributed by atoms with Gasteiger partial charge in [0.25, 0.3) is 0 Å². The molecule has 1 aliphatic heterocycles. The summed E-state index contributed by atoms with van der Waals surface area (Å²) in [7, 11) is 0. The maximum Gasteiger partial charge on any atom is 0.223 e. The summed E-state index contributed by atoms with van der Waals surface area (Å²) < 4.78 is 5.60. The van der Waals surface area contributed by atoms with Gasteiger partial charge in [-0.15, -0.1) is 0 Å². The first kappa shape index (κ1) is 15.8. The van der Waals surface area contributed by atoms with E-state index in [-0.39, 0.29) is 11.9 Å². The first-order chi connectivity index (χ1) is 11.1. The molecular weight excluding hydrogens is 288 g/mol. The molecule has 2 heterocycles. The topological polar surface area (TPSA) is 45.5 Å². The Labute approximate surface area is 137 Å². The highest BCUT2D eigenvalue weighted by Crippen LogP contribution is 2.23. The van der Waals surface area contributed by atoms with Crippen molar-refractivity contribution in [2.24, 2.45) is 0 Å². The third-order valence-corrected chi connectivity index (χ3v) is 4.40. The molecule has 1 aromatic heterocycles. The van der Waals surface area contributed by atoms with Gasteiger partial charge < -0.3 is 14.6 Å². The van der Waals surface area contributed by atoms with Crippen LogP contribution in [0.25, 0.3) is 0 Å². The van der Waals surface area contributed by atoms with Crippen molar-refractivity contribution in [3.05, 3.63) is 59.0 Å². The first-order valence-corrected chi connectivity index (χ1v) is 8.28. The molecular formula is C19H24N2O2. The van der Waals surface area contributed by atoms with E-state index < -0.39 is 0 Å². The lowest BCUT2D eigenvalue weighted by molar-refractivity contribution is -0.131. The molecule has 3 rings (SSSR count). The second-order valence-corrected chi connectivity index (χ2v) is 6.25. The van der Waals surface area contributed by atoms with Gasteiger partial charge in [0, 0.05) is 19.5 Å². The van der Waals surface area contributed by atoms with E-state index in [1.165, 1.54) is 11.1 Å². The molecule has 0 radical (unpaired) electrons. The Morgan fingerprint density at radius 3 is 2.52 bits per heavy atom. The van der Waals surface area contributed by atoms with E-state index >= 15 is 0 Å². The molecule has 1 aliphatic rings. The zero-order chi connectivity index (χ0) is 16.2. The Morgan fingerprint density at radius 1 is 1.22 bits per heavy atom. The van der Waals surface area contributed by atoms with Crippen LogP contribution in [0, 0.1) is 6.92 Å². The molecule has 4 heteroatoms. The average molecular weight is 312 g/mol. The summed E-state index contributed by atoms with van der Waals surface area (Å²) in [5.74, 6) is 2.12. The Kier molecular flexibility index (Phi) is 4.82. The van der Waals surface area contributed by atoms with Crippen molar-refractivity contribution in [3.8, 4) is 0 Å². The maximum absolute atomic E-state index is 12.3. The van der Waals surface area contributed by atoms with E-state index in [9.17, 15) is 4.79 Å². The monoisotopic (exact) mass is 312 g/mol. The van der Waals surface area contributed by atoms with Gasteiger partial charge in [0.05, 0.1) is 6.04 Å². The zero-order valence-corrected chi connectivity index (χ0v) is 13.8. The number of furan rings is 1. The van der Waals surface area contributed by atoms with Crippen molar-refractivity contribution in [2.45, 2.75) is 45.8 Å². The quantitative estimate of drug-likeness (QED) is 0.830. The fourth-order valence-corrected chi connectivity index (χ4v) is 3.01. The van der Waals surface area contributed by atoms with Crippen LogP contribution in [0.5, 0.6) is 0 Å². The zero-order valence-electron chi connectivity index (χ0n) is 13.8. The average Bonchev–Trinajstić information content (AvgIpc) is 3.17. The Bertz CT molecular complexity index is 653. The van der Waals surface area contributed by atoms with Crippen LogP contribution in [0.15, 0.2) is 40.8 Å². The Hall–Kier alpha value is -2.07. The van der Waals surface area contributed by atoms with E-state index in [0.29, 0.717) is 6.42 Å². The molecule has 23 heavy (non-hydrogen) atoms. The molecule has 0 saturated heterocycles.